The first-order valence-corrected chi connectivity index (χ1v) is 4.67. The molecular weight excluding hydrogens is 180 g/mol. The zero-order chi connectivity index (χ0) is 9.80. The fourth-order valence-electron chi connectivity index (χ4n) is 1.45. The zero-order valence-electron chi connectivity index (χ0n) is 7.98. The Morgan fingerprint density at radius 2 is 1.00 bits per heavy atom. The van der Waals surface area contributed by atoms with Crippen LogP contribution in [-0.2, 0) is 0 Å². The van der Waals surface area contributed by atoms with Crippen LogP contribution in [0.3, 0.4) is 0 Å². The minimum Gasteiger partial charge on any atom is -0.0906 e. The summed E-state index contributed by atoms with van der Waals surface area (Å²) in [6, 6.07) is 20.5. The Balaban J connectivity index is 0.00000112. The number of hydrogen-bond acceptors (Lipinski definition) is 0. The number of rotatable bonds is 2. The van der Waals surface area contributed by atoms with Gasteiger partial charge in [-0.1, -0.05) is 74.7 Å². The Morgan fingerprint density at radius 3 is 1.33 bits per heavy atom. The van der Waals surface area contributed by atoms with Gasteiger partial charge >= 0.3 is 0 Å². The first-order valence-electron chi connectivity index (χ1n) is 4.67. The molecule has 0 aliphatic rings. The van der Waals surface area contributed by atoms with E-state index in [0.29, 0.717) is 0 Å². The molecule has 0 N–H and O–H groups in total. The van der Waals surface area contributed by atoms with Gasteiger partial charge in [-0.05, 0) is 16.7 Å². The van der Waals surface area contributed by atoms with Crippen LogP contribution in [0.2, 0.25) is 0 Å². The van der Waals surface area contributed by atoms with Crippen LogP contribution in [0.4, 0.5) is 0 Å². The minimum atomic E-state index is 0. The van der Waals surface area contributed by atoms with Crippen molar-refractivity contribution in [2.24, 2.45) is 0 Å². The quantitative estimate of drug-likeness (QED) is 0.668. The molecule has 0 nitrogen and oxygen atoms in total. The topological polar surface area (TPSA) is 0 Å². The summed E-state index contributed by atoms with van der Waals surface area (Å²) in [7, 11) is 0. The SMILES string of the molecule is C.C=C(c1ccccc1)c1ccccc1. The van der Waals surface area contributed by atoms with Gasteiger partial charge in [-0.3, -0.25) is 0 Å². The number of benzene rings is 2. The Hall–Kier alpha value is -1.82. The molecule has 0 amide bonds. The first-order chi connectivity index (χ1) is 6.88. The van der Waals surface area contributed by atoms with Crippen molar-refractivity contribution in [2.45, 2.75) is 7.43 Å². The largest absolute Gasteiger partial charge is 0.0906 e. The molecule has 2 rings (SSSR count). The van der Waals surface area contributed by atoms with Gasteiger partial charge in [0.05, 0.1) is 0 Å². The zero-order valence-corrected chi connectivity index (χ0v) is 7.98. The molecule has 0 heterocycles. The van der Waals surface area contributed by atoms with Crippen LogP contribution in [0, 0.1) is 0 Å². The molecule has 0 aliphatic carbocycles. The summed E-state index contributed by atoms with van der Waals surface area (Å²) in [5.74, 6) is 0. The summed E-state index contributed by atoms with van der Waals surface area (Å²) in [6.45, 7) is 4.10. The molecule has 0 spiro atoms. The van der Waals surface area contributed by atoms with E-state index in [-0.39, 0.29) is 7.43 Å². The molecule has 0 atom stereocenters. The summed E-state index contributed by atoms with van der Waals surface area (Å²) in [4.78, 5) is 0. The molecule has 0 heteroatoms. The van der Waals surface area contributed by atoms with E-state index in [1.54, 1.807) is 0 Å². The van der Waals surface area contributed by atoms with E-state index in [1.807, 2.05) is 36.4 Å². The van der Waals surface area contributed by atoms with Gasteiger partial charge in [0.25, 0.3) is 0 Å². The fourth-order valence-corrected chi connectivity index (χ4v) is 1.45. The van der Waals surface area contributed by atoms with Gasteiger partial charge in [-0.2, -0.15) is 0 Å². The van der Waals surface area contributed by atoms with E-state index in [2.05, 4.69) is 30.8 Å². The van der Waals surface area contributed by atoms with Crippen LogP contribution in [0.5, 0.6) is 0 Å². The highest BCUT2D eigenvalue weighted by Gasteiger charge is 1.99. The molecule has 0 bridgehead atoms. The van der Waals surface area contributed by atoms with Crippen molar-refractivity contribution in [2.75, 3.05) is 0 Å². The van der Waals surface area contributed by atoms with Crippen LogP contribution >= 0.6 is 0 Å². The van der Waals surface area contributed by atoms with Crippen molar-refractivity contribution in [3.63, 3.8) is 0 Å². The lowest BCUT2D eigenvalue weighted by Crippen LogP contribution is -1.84. The Morgan fingerprint density at radius 1 is 0.667 bits per heavy atom. The molecule has 15 heavy (non-hydrogen) atoms. The van der Waals surface area contributed by atoms with Crippen molar-refractivity contribution < 1.29 is 0 Å². The maximum Gasteiger partial charge on any atom is -0.0183 e. The van der Waals surface area contributed by atoms with Gasteiger partial charge in [0.2, 0.25) is 0 Å². The van der Waals surface area contributed by atoms with Crippen molar-refractivity contribution in [3.05, 3.63) is 78.4 Å². The highest BCUT2D eigenvalue weighted by atomic mass is 14.0. The molecule has 0 radical (unpaired) electrons. The van der Waals surface area contributed by atoms with Crippen LogP contribution < -0.4 is 0 Å². The monoisotopic (exact) mass is 196 g/mol. The van der Waals surface area contributed by atoms with Crippen LogP contribution in [0.15, 0.2) is 67.2 Å². The van der Waals surface area contributed by atoms with Gasteiger partial charge < -0.3 is 0 Å². The third-order valence-electron chi connectivity index (χ3n) is 2.24. The molecule has 0 unspecified atom stereocenters. The van der Waals surface area contributed by atoms with Crippen molar-refractivity contribution >= 4 is 5.57 Å². The number of hydrogen-bond donors (Lipinski definition) is 0. The highest BCUT2D eigenvalue weighted by Crippen LogP contribution is 2.20. The van der Waals surface area contributed by atoms with E-state index in [1.165, 1.54) is 11.1 Å². The Labute approximate surface area is 91.9 Å². The second-order valence-corrected chi connectivity index (χ2v) is 3.21. The van der Waals surface area contributed by atoms with E-state index >= 15 is 0 Å². The summed E-state index contributed by atoms with van der Waals surface area (Å²) in [5.41, 5.74) is 3.43. The van der Waals surface area contributed by atoms with E-state index < -0.39 is 0 Å². The summed E-state index contributed by atoms with van der Waals surface area (Å²) in [6.07, 6.45) is 0. The normalized spacial score (nSPS) is 9.07. The molecule has 0 saturated carbocycles. The summed E-state index contributed by atoms with van der Waals surface area (Å²) < 4.78 is 0. The predicted molar refractivity (Wildman–Crippen MR) is 67.8 cm³/mol. The third kappa shape index (κ3) is 2.57. The van der Waals surface area contributed by atoms with Crippen molar-refractivity contribution in [3.8, 4) is 0 Å². The molecule has 0 aliphatic heterocycles. The van der Waals surface area contributed by atoms with Crippen LogP contribution in [0.1, 0.15) is 18.6 Å². The third-order valence-corrected chi connectivity index (χ3v) is 2.24. The molecule has 76 valence electrons. The average Bonchev–Trinajstić information content (AvgIpc) is 2.30. The van der Waals surface area contributed by atoms with E-state index in [4.69, 9.17) is 0 Å². The maximum absolute atomic E-state index is 4.10. The van der Waals surface area contributed by atoms with Gasteiger partial charge in [0, 0.05) is 0 Å². The smallest absolute Gasteiger partial charge is 0.0183 e. The minimum absolute atomic E-state index is 0. The lowest BCUT2D eigenvalue weighted by atomic mass is 10.0. The predicted octanol–water partition coefficient (Wildman–Crippen LogP) is 4.38. The molecular formula is C15H16. The summed E-state index contributed by atoms with van der Waals surface area (Å²) >= 11 is 0. The highest BCUT2D eigenvalue weighted by molar-refractivity contribution is 5.77. The second-order valence-electron chi connectivity index (χ2n) is 3.21. The van der Waals surface area contributed by atoms with Crippen molar-refractivity contribution in [1.29, 1.82) is 0 Å². The lowest BCUT2D eigenvalue weighted by molar-refractivity contribution is 1.56. The molecule has 2 aromatic carbocycles. The lowest BCUT2D eigenvalue weighted by Gasteiger charge is -2.04. The van der Waals surface area contributed by atoms with Gasteiger partial charge in [0.15, 0.2) is 0 Å². The standard InChI is InChI=1S/C14H12.CH4/c1-12(13-8-4-2-5-9-13)14-10-6-3-7-11-14;/h2-11H,1H2;1H4. The second kappa shape index (κ2) is 5.16. The molecule has 0 aromatic heterocycles. The van der Waals surface area contributed by atoms with Crippen LogP contribution in [-0.4, -0.2) is 0 Å². The van der Waals surface area contributed by atoms with Gasteiger partial charge in [-0.15, -0.1) is 0 Å². The van der Waals surface area contributed by atoms with Gasteiger partial charge in [-0.25, -0.2) is 0 Å². The van der Waals surface area contributed by atoms with E-state index in [0.717, 1.165) is 5.57 Å². The Kier molecular flexibility index (Phi) is 3.87. The first kappa shape index (κ1) is 11.3. The van der Waals surface area contributed by atoms with Gasteiger partial charge in [0.1, 0.15) is 0 Å². The van der Waals surface area contributed by atoms with Crippen molar-refractivity contribution in [1.82, 2.24) is 0 Å². The molecule has 0 fully saturated rings. The summed E-state index contributed by atoms with van der Waals surface area (Å²) in [5, 5.41) is 0. The molecule has 0 saturated heterocycles. The Bertz CT molecular complexity index is 371. The molecule has 2 aromatic rings. The fraction of sp³-hybridized carbons (Fsp3) is 0.0667. The van der Waals surface area contributed by atoms with E-state index in [9.17, 15) is 0 Å². The average molecular weight is 196 g/mol. The maximum atomic E-state index is 4.10. The van der Waals surface area contributed by atoms with Crippen LogP contribution in [0.25, 0.3) is 5.57 Å².